The third-order valence-electron chi connectivity index (χ3n) is 5.81. The molecule has 1 aliphatic rings. The summed E-state index contributed by atoms with van der Waals surface area (Å²) in [5.74, 6) is -4.46. The molecule has 0 unspecified atom stereocenters. The van der Waals surface area contributed by atoms with Crippen LogP contribution < -0.4 is 0 Å². The second kappa shape index (κ2) is 9.77. The molecule has 0 aliphatic carbocycles. The van der Waals surface area contributed by atoms with Crippen LogP contribution in [-0.2, 0) is 26.5 Å². The van der Waals surface area contributed by atoms with Gasteiger partial charge in [0.1, 0.15) is 12.7 Å². The summed E-state index contributed by atoms with van der Waals surface area (Å²) in [6.07, 6.45) is 4.51. The van der Waals surface area contributed by atoms with E-state index in [1.54, 1.807) is 18.7 Å². The SMILES string of the molecule is O=C(OC[C@H]1CO[C@](Cn2ccnc2)(c2ccc(-c3ccccc3)cc2)O1)c1cccc(F)c1F. The van der Waals surface area contributed by atoms with Crippen LogP contribution in [0.25, 0.3) is 11.1 Å². The first kappa shape index (κ1) is 22.9. The zero-order valence-electron chi connectivity index (χ0n) is 18.6. The lowest BCUT2D eigenvalue weighted by atomic mass is 10.00. The maximum atomic E-state index is 13.9. The van der Waals surface area contributed by atoms with Crippen LogP contribution in [0.15, 0.2) is 91.5 Å². The van der Waals surface area contributed by atoms with Crippen LogP contribution in [0.5, 0.6) is 0 Å². The first-order chi connectivity index (χ1) is 17.0. The Morgan fingerprint density at radius 2 is 1.80 bits per heavy atom. The Balaban J connectivity index is 1.33. The lowest BCUT2D eigenvalue weighted by Gasteiger charge is -2.29. The first-order valence-electron chi connectivity index (χ1n) is 11.1. The summed E-state index contributed by atoms with van der Waals surface area (Å²) in [6.45, 7) is 0.289. The molecule has 1 saturated heterocycles. The smallest absolute Gasteiger partial charge is 0.341 e. The molecule has 0 radical (unpaired) electrons. The molecule has 35 heavy (non-hydrogen) atoms. The van der Waals surface area contributed by atoms with Crippen LogP contribution in [0.4, 0.5) is 8.78 Å². The fourth-order valence-electron chi connectivity index (χ4n) is 4.05. The van der Waals surface area contributed by atoms with Crippen LogP contribution in [0, 0.1) is 11.6 Å². The minimum Gasteiger partial charge on any atom is -0.459 e. The quantitative estimate of drug-likeness (QED) is 0.353. The van der Waals surface area contributed by atoms with Crippen LogP contribution >= 0.6 is 0 Å². The number of rotatable bonds is 7. The Hall–Kier alpha value is -3.88. The summed E-state index contributed by atoms with van der Waals surface area (Å²) in [7, 11) is 0. The largest absolute Gasteiger partial charge is 0.459 e. The van der Waals surface area contributed by atoms with Gasteiger partial charge in [-0.1, -0.05) is 60.7 Å². The molecule has 4 aromatic rings. The van der Waals surface area contributed by atoms with E-state index in [4.69, 9.17) is 14.2 Å². The Morgan fingerprint density at radius 1 is 1.03 bits per heavy atom. The molecular formula is C27H22F2N2O4. The van der Waals surface area contributed by atoms with Gasteiger partial charge < -0.3 is 18.8 Å². The number of benzene rings is 3. The van der Waals surface area contributed by atoms with E-state index < -0.39 is 35.1 Å². The van der Waals surface area contributed by atoms with E-state index in [1.807, 2.05) is 59.2 Å². The van der Waals surface area contributed by atoms with Gasteiger partial charge in [-0.25, -0.2) is 18.6 Å². The highest BCUT2D eigenvalue weighted by molar-refractivity contribution is 5.89. The number of ether oxygens (including phenoxy) is 3. The molecule has 178 valence electrons. The molecule has 2 atom stereocenters. The maximum absolute atomic E-state index is 13.9. The molecule has 5 rings (SSSR count). The average Bonchev–Trinajstić information content (AvgIpc) is 3.56. The van der Waals surface area contributed by atoms with Gasteiger partial charge in [0.05, 0.1) is 25.0 Å². The topological polar surface area (TPSA) is 62.6 Å². The zero-order valence-corrected chi connectivity index (χ0v) is 18.6. The monoisotopic (exact) mass is 476 g/mol. The number of imidazole rings is 1. The van der Waals surface area contributed by atoms with E-state index in [9.17, 15) is 13.6 Å². The van der Waals surface area contributed by atoms with Crippen LogP contribution in [0.2, 0.25) is 0 Å². The van der Waals surface area contributed by atoms with Crippen molar-refractivity contribution in [3.63, 3.8) is 0 Å². The number of hydrogen-bond donors (Lipinski definition) is 0. The molecule has 0 saturated carbocycles. The summed E-state index contributed by atoms with van der Waals surface area (Å²) in [6, 6.07) is 21.2. The second-order valence-electron chi connectivity index (χ2n) is 8.18. The summed E-state index contributed by atoms with van der Waals surface area (Å²) >= 11 is 0. The summed E-state index contributed by atoms with van der Waals surface area (Å²) in [5, 5.41) is 0. The fraction of sp³-hybridized carbons (Fsp3) is 0.185. The summed E-state index contributed by atoms with van der Waals surface area (Å²) in [4.78, 5) is 16.4. The predicted octanol–water partition coefficient (Wildman–Crippen LogP) is 4.95. The number of carbonyl (C=O) groups is 1. The number of halogens is 2. The third kappa shape index (κ3) is 4.84. The van der Waals surface area contributed by atoms with Crippen LogP contribution in [0.1, 0.15) is 15.9 Å². The van der Waals surface area contributed by atoms with E-state index >= 15 is 0 Å². The normalized spacial score (nSPS) is 19.5. The van der Waals surface area contributed by atoms with Crippen LogP contribution in [0.3, 0.4) is 0 Å². The van der Waals surface area contributed by atoms with E-state index in [0.29, 0.717) is 6.54 Å². The van der Waals surface area contributed by atoms with Crippen molar-refractivity contribution in [1.29, 1.82) is 0 Å². The second-order valence-corrected chi connectivity index (χ2v) is 8.18. The van der Waals surface area contributed by atoms with Crippen molar-refractivity contribution >= 4 is 5.97 Å². The Labute approximate surface area is 200 Å². The van der Waals surface area contributed by atoms with Crippen molar-refractivity contribution in [3.8, 4) is 11.1 Å². The molecule has 1 aromatic heterocycles. The highest BCUT2D eigenvalue weighted by atomic mass is 19.2. The van der Waals surface area contributed by atoms with E-state index in [-0.39, 0.29) is 13.2 Å². The van der Waals surface area contributed by atoms with Gasteiger partial charge in [-0.05, 0) is 23.3 Å². The number of hydrogen-bond acceptors (Lipinski definition) is 5. The average molecular weight is 476 g/mol. The van der Waals surface area contributed by atoms with E-state index in [2.05, 4.69) is 4.98 Å². The van der Waals surface area contributed by atoms with E-state index in [1.165, 1.54) is 12.1 Å². The van der Waals surface area contributed by atoms with Gasteiger partial charge >= 0.3 is 5.97 Å². The minimum absolute atomic E-state index is 0.147. The molecule has 3 aromatic carbocycles. The fourth-order valence-corrected chi connectivity index (χ4v) is 4.05. The van der Waals surface area contributed by atoms with Crippen molar-refractivity contribution in [2.45, 2.75) is 18.4 Å². The molecule has 0 spiro atoms. The van der Waals surface area contributed by atoms with Gasteiger partial charge in [-0.2, -0.15) is 0 Å². The number of esters is 1. The maximum Gasteiger partial charge on any atom is 0.341 e. The Morgan fingerprint density at radius 3 is 2.54 bits per heavy atom. The molecule has 1 aliphatic heterocycles. The number of carbonyl (C=O) groups excluding carboxylic acids is 1. The molecule has 0 N–H and O–H groups in total. The molecule has 2 heterocycles. The van der Waals surface area contributed by atoms with E-state index in [0.717, 1.165) is 22.8 Å². The van der Waals surface area contributed by atoms with Gasteiger partial charge in [0.25, 0.3) is 0 Å². The molecule has 0 bridgehead atoms. The van der Waals surface area contributed by atoms with Crippen molar-refractivity contribution < 1.29 is 27.8 Å². The van der Waals surface area contributed by atoms with Crippen LogP contribution in [-0.4, -0.2) is 34.8 Å². The van der Waals surface area contributed by atoms with Gasteiger partial charge in [0.15, 0.2) is 11.6 Å². The molecule has 0 amide bonds. The summed E-state index contributed by atoms with van der Waals surface area (Å²) < 4.78 is 46.9. The highest BCUT2D eigenvalue weighted by Gasteiger charge is 2.44. The van der Waals surface area contributed by atoms with Gasteiger partial charge in [0, 0.05) is 18.0 Å². The number of nitrogens with zero attached hydrogens (tertiary/aromatic N) is 2. The third-order valence-corrected chi connectivity index (χ3v) is 5.81. The first-order valence-corrected chi connectivity index (χ1v) is 11.1. The lowest BCUT2D eigenvalue weighted by molar-refractivity contribution is -0.190. The van der Waals surface area contributed by atoms with Gasteiger partial charge in [-0.3, -0.25) is 0 Å². The Kier molecular flexibility index (Phi) is 6.39. The molecule has 1 fully saturated rings. The Bertz CT molecular complexity index is 1300. The predicted molar refractivity (Wildman–Crippen MR) is 123 cm³/mol. The number of aromatic nitrogens is 2. The standard InChI is InChI=1S/C27H22F2N2O4/c28-24-8-4-7-23(25(24)29)26(32)33-15-22-16-34-27(35-22,17-31-14-13-30-18-31)21-11-9-20(10-12-21)19-5-2-1-3-6-19/h1-14,18,22H,15-17H2/t22-,27-/m0/s1. The zero-order chi connectivity index (χ0) is 24.3. The van der Waals surface area contributed by atoms with Crippen molar-refractivity contribution in [2.75, 3.05) is 13.2 Å². The minimum atomic E-state index is -1.24. The van der Waals surface area contributed by atoms with Gasteiger partial charge in [-0.15, -0.1) is 0 Å². The van der Waals surface area contributed by atoms with Crippen molar-refractivity contribution in [1.82, 2.24) is 9.55 Å². The molecule has 8 heteroatoms. The van der Waals surface area contributed by atoms with Crippen molar-refractivity contribution in [3.05, 3.63) is 114 Å². The molecular weight excluding hydrogens is 454 g/mol. The lowest BCUT2D eigenvalue weighted by Crippen LogP contribution is -2.34. The highest BCUT2D eigenvalue weighted by Crippen LogP contribution is 2.37. The summed E-state index contributed by atoms with van der Waals surface area (Å²) in [5.41, 5.74) is 2.46. The van der Waals surface area contributed by atoms with Gasteiger partial charge in [0.2, 0.25) is 5.79 Å². The van der Waals surface area contributed by atoms with Crippen molar-refractivity contribution in [2.24, 2.45) is 0 Å². The molecule has 6 nitrogen and oxygen atoms in total.